The number of amides is 2. The predicted molar refractivity (Wildman–Crippen MR) is 128 cm³/mol. The van der Waals surface area contributed by atoms with Gasteiger partial charge in [-0.05, 0) is 59.9 Å². The molecule has 2 bridgehead atoms. The number of carbonyl (C=O) groups excluding carboxylic acids is 3. The number of anilines is 1. The monoisotopic (exact) mass is 451 g/mol. The van der Waals surface area contributed by atoms with Gasteiger partial charge in [-0.3, -0.25) is 9.59 Å². The lowest BCUT2D eigenvalue weighted by Crippen LogP contribution is -2.53. The van der Waals surface area contributed by atoms with Crippen LogP contribution in [-0.2, 0) is 19.7 Å². The Kier molecular flexibility index (Phi) is 4.53. The molecule has 0 aromatic heterocycles. The van der Waals surface area contributed by atoms with Gasteiger partial charge in [0.05, 0.1) is 29.7 Å². The molecule has 1 heterocycles. The Morgan fingerprint density at radius 3 is 2.00 bits per heavy atom. The average Bonchev–Trinajstić information content (AvgIpc) is 3.15. The average molecular weight is 452 g/mol. The molecule has 3 aromatic carbocycles. The molecule has 3 aliphatic carbocycles. The van der Waals surface area contributed by atoms with Gasteiger partial charge in [-0.25, -0.2) is 9.69 Å². The number of ether oxygens (including phenoxy) is 1. The van der Waals surface area contributed by atoms with Gasteiger partial charge in [0.15, 0.2) is 0 Å². The first-order chi connectivity index (χ1) is 16.5. The number of hydrogen-bond donors (Lipinski definition) is 0. The lowest BCUT2D eigenvalue weighted by Gasteiger charge is -2.54. The van der Waals surface area contributed by atoms with E-state index in [9.17, 15) is 14.4 Å². The Balaban J connectivity index is 1.50. The first-order valence-electron chi connectivity index (χ1n) is 11.9. The molecule has 4 aliphatic rings. The van der Waals surface area contributed by atoms with Crippen LogP contribution >= 0.6 is 0 Å². The fraction of sp³-hybridized carbons (Fsp3) is 0.276. The van der Waals surface area contributed by atoms with Crippen LogP contribution < -0.4 is 4.90 Å². The Morgan fingerprint density at radius 2 is 1.44 bits per heavy atom. The largest absolute Gasteiger partial charge is 0.462 e. The number of benzene rings is 3. The van der Waals surface area contributed by atoms with E-state index in [0.717, 1.165) is 17.5 Å². The molecule has 7 rings (SSSR count). The maximum absolute atomic E-state index is 14.1. The molecule has 170 valence electrons. The van der Waals surface area contributed by atoms with Crippen molar-refractivity contribution in [2.24, 2.45) is 11.8 Å². The number of nitrogens with zero attached hydrogens (tertiary/aromatic N) is 1. The minimum Gasteiger partial charge on any atom is -0.462 e. The van der Waals surface area contributed by atoms with Crippen molar-refractivity contribution in [3.05, 3.63) is 101 Å². The molecule has 1 fully saturated rings. The molecular formula is C29H25NO4. The van der Waals surface area contributed by atoms with E-state index in [1.54, 1.807) is 31.2 Å². The Morgan fingerprint density at radius 1 is 0.853 bits per heavy atom. The highest BCUT2D eigenvalue weighted by Crippen LogP contribution is 2.65. The summed E-state index contributed by atoms with van der Waals surface area (Å²) in [6.07, 6.45) is 0.726. The van der Waals surface area contributed by atoms with E-state index in [2.05, 4.69) is 31.2 Å². The van der Waals surface area contributed by atoms with Crippen LogP contribution in [-0.4, -0.2) is 24.4 Å². The molecule has 34 heavy (non-hydrogen) atoms. The van der Waals surface area contributed by atoms with E-state index < -0.39 is 23.2 Å². The molecular weight excluding hydrogens is 426 g/mol. The first-order valence-corrected chi connectivity index (χ1v) is 11.9. The van der Waals surface area contributed by atoms with Crippen LogP contribution in [0.3, 0.4) is 0 Å². The molecule has 1 saturated heterocycles. The van der Waals surface area contributed by atoms with E-state index in [1.165, 1.54) is 16.0 Å². The van der Waals surface area contributed by atoms with Crippen molar-refractivity contribution >= 4 is 23.5 Å². The first kappa shape index (κ1) is 20.8. The summed E-state index contributed by atoms with van der Waals surface area (Å²) in [5.41, 5.74) is 5.00. The van der Waals surface area contributed by atoms with Crippen LogP contribution in [0, 0.1) is 11.8 Å². The molecule has 0 radical (unpaired) electrons. The van der Waals surface area contributed by atoms with Gasteiger partial charge in [-0.15, -0.1) is 0 Å². The molecule has 0 saturated carbocycles. The zero-order chi connectivity index (χ0) is 23.6. The van der Waals surface area contributed by atoms with Crippen molar-refractivity contribution < 1.29 is 19.1 Å². The lowest BCUT2D eigenvalue weighted by molar-refractivity contribution is -0.123. The zero-order valence-corrected chi connectivity index (χ0v) is 19.2. The minimum atomic E-state index is -0.543. The quantitative estimate of drug-likeness (QED) is 0.421. The summed E-state index contributed by atoms with van der Waals surface area (Å²) >= 11 is 0. The third kappa shape index (κ3) is 2.47. The predicted octanol–water partition coefficient (Wildman–Crippen LogP) is 4.82. The maximum atomic E-state index is 14.1. The van der Waals surface area contributed by atoms with E-state index in [1.807, 2.05) is 24.3 Å². The highest BCUT2D eigenvalue weighted by atomic mass is 16.5. The van der Waals surface area contributed by atoms with Crippen LogP contribution in [0.1, 0.15) is 58.8 Å². The molecule has 2 atom stereocenters. The molecule has 0 unspecified atom stereocenters. The molecule has 5 nitrogen and oxygen atoms in total. The molecule has 1 aliphatic heterocycles. The van der Waals surface area contributed by atoms with Crippen LogP contribution in [0.5, 0.6) is 0 Å². The molecule has 0 spiro atoms. The minimum absolute atomic E-state index is 0.147. The van der Waals surface area contributed by atoms with Crippen molar-refractivity contribution in [3.8, 4) is 0 Å². The number of esters is 1. The summed E-state index contributed by atoms with van der Waals surface area (Å²) in [5.74, 6) is -1.78. The van der Waals surface area contributed by atoms with Crippen molar-refractivity contribution in [1.82, 2.24) is 0 Å². The fourth-order valence-corrected chi connectivity index (χ4v) is 6.75. The Labute approximate surface area is 198 Å². The van der Waals surface area contributed by atoms with Gasteiger partial charge < -0.3 is 4.74 Å². The number of imide groups is 1. The molecule has 5 heteroatoms. The summed E-state index contributed by atoms with van der Waals surface area (Å²) < 4.78 is 5.06. The van der Waals surface area contributed by atoms with E-state index in [-0.39, 0.29) is 24.3 Å². The Bertz CT molecular complexity index is 1290. The second-order valence-corrected chi connectivity index (χ2v) is 9.26. The van der Waals surface area contributed by atoms with Gasteiger partial charge in [0, 0.05) is 11.3 Å². The normalized spacial score (nSPS) is 26.2. The highest BCUT2D eigenvalue weighted by Gasteiger charge is 2.67. The summed E-state index contributed by atoms with van der Waals surface area (Å²) in [5, 5.41) is 0. The van der Waals surface area contributed by atoms with E-state index in [4.69, 9.17) is 4.74 Å². The number of carbonyl (C=O) groups is 3. The number of hydrogen-bond acceptors (Lipinski definition) is 4. The second kappa shape index (κ2) is 7.39. The van der Waals surface area contributed by atoms with Crippen molar-refractivity contribution in [1.29, 1.82) is 0 Å². The third-order valence-corrected chi connectivity index (χ3v) is 7.99. The van der Waals surface area contributed by atoms with Crippen molar-refractivity contribution in [2.75, 3.05) is 11.5 Å². The van der Waals surface area contributed by atoms with Crippen molar-refractivity contribution in [3.63, 3.8) is 0 Å². The molecule has 3 aromatic rings. The van der Waals surface area contributed by atoms with Gasteiger partial charge in [-0.2, -0.15) is 0 Å². The molecule has 0 N–H and O–H groups in total. The number of rotatable bonds is 4. The van der Waals surface area contributed by atoms with Crippen molar-refractivity contribution in [2.45, 2.75) is 31.6 Å². The summed E-state index contributed by atoms with van der Waals surface area (Å²) in [7, 11) is 0. The van der Waals surface area contributed by atoms with Gasteiger partial charge in [-0.1, -0.05) is 55.5 Å². The van der Waals surface area contributed by atoms with Gasteiger partial charge in [0.1, 0.15) is 0 Å². The Hall–Kier alpha value is -3.73. The van der Waals surface area contributed by atoms with E-state index >= 15 is 0 Å². The second-order valence-electron chi connectivity index (χ2n) is 9.26. The summed E-state index contributed by atoms with van der Waals surface area (Å²) in [6.45, 7) is 4.16. The van der Waals surface area contributed by atoms with Crippen LogP contribution in [0.2, 0.25) is 0 Å². The standard InChI is InChI=1S/C29H25NO4/c1-3-29-21-11-7-5-9-19(21)23(20-10-6-8-12-22(20)29)24-25(29)27(32)30(26(24)31)18-15-13-17(14-16-18)28(33)34-4-2/h5-16,23-25H,3-4H2,1-2H3/t23?,24-,25+,29?/m0/s1. The van der Waals surface area contributed by atoms with E-state index in [0.29, 0.717) is 11.3 Å². The van der Waals surface area contributed by atoms with Crippen LogP contribution in [0.4, 0.5) is 5.69 Å². The topological polar surface area (TPSA) is 63.7 Å². The molecule has 2 amide bonds. The van der Waals surface area contributed by atoms with Gasteiger partial charge in [0.2, 0.25) is 11.8 Å². The highest BCUT2D eigenvalue weighted by molar-refractivity contribution is 6.23. The fourth-order valence-electron chi connectivity index (χ4n) is 6.75. The van der Waals surface area contributed by atoms with Gasteiger partial charge in [0.25, 0.3) is 0 Å². The third-order valence-electron chi connectivity index (χ3n) is 7.99. The lowest BCUT2D eigenvalue weighted by atomic mass is 9.46. The van der Waals surface area contributed by atoms with Crippen LogP contribution in [0.25, 0.3) is 0 Å². The van der Waals surface area contributed by atoms with Crippen LogP contribution in [0.15, 0.2) is 72.8 Å². The smallest absolute Gasteiger partial charge is 0.338 e. The summed E-state index contributed by atoms with van der Waals surface area (Å²) in [6, 6.07) is 23.2. The SMILES string of the molecule is CCOC(=O)c1ccc(N2C(=O)[C@H]3C4c5ccccc5C(CC)(c5ccccc54)[C@H]3C2=O)cc1. The summed E-state index contributed by atoms with van der Waals surface area (Å²) in [4.78, 5) is 41.4. The maximum Gasteiger partial charge on any atom is 0.338 e. The zero-order valence-electron chi connectivity index (χ0n) is 19.2. The van der Waals surface area contributed by atoms with Gasteiger partial charge >= 0.3 is 5.97 Å².